The van der Waals surface area contributed by atoms with Gasteiger partial charge < -0.3 is 14.3 Å². The van der Waals surface area contributed by atoms with Gasteiger partial charge in [-0.15, -0.1) is 0 Å². The quantitative estimate of drug-likeness (QED) is 0.846. The fourth-order valence-corrected chi connectivity index (χ4v) is 3.93. The number of halogens is 1. The van der Waals surface area contributed by atoms with Gasteiger partial charge >= 0.3 is 6.01 Å². The first-order valence-corrected chi connectivity index (χ1v) is 8.67. The Morgan fingerprint density at radius 3 is 2.58 bits per heavy atom. The van der Waals surface area contributed by atoms with Crippen LogP contribution in [0.2, 0.25) is 0 Å². The van der Waals surface area contributed by atoms with Crippen LogP contribution >= 0.6 is 0 Å². The van der Waals surface area contributed by atoms with Crippen LogP contribution in [0.1, 0.15) is 25.7 Å². The molecule has 0 radical (unpaired) electrons. The van der Waals surface area contributed by atoms with Gasteiger partial charge in [-0.1, -0.05) is 5.16 Å². The van der Waals surface area contributed by atoms with Gasteiger partial charge in [0.05, 0.1) is 0 Å². The molecule has 0 saturated carbocycles. The Bertz CT molecular complexity index is 691. The third-order valence-electron chi connectivity index (χ3n) is 5.50. The Hall–Kier alpha value is -1.95. The molecule has 0 aliphatic carbocycles. The maximum absolute atomic E-state index is 13.1. The number of nitrogens with zero attached hydrogens (tertiary/aromatic N) is 4. The first-order chi connectivity index (χ1) is 11.6. The molecule has 4 rings (SSSR count). The van der Waals surface area contributed by atoms with E-state index in [4.69, 9.17) is 4.52 Å². The van der Waals surface area contributed by atoms with E-state index < -0.39 is 0 Å². The number of piperidine rings is 2. The molecule has 2 aliphatic heterocycles. The molecule has 3 heterocycles. The highest BCUT2D eigenvalue weighted by atomic mass is 19.1. The molecule has 2 saturated heterocycles. The molecule has 0 bridgehead atoms. The van der Waals surface area contributed by atoms with Crippen LogP contribution < -0.4 is 4.90 Å². The molecule has 128 valence electrons. The third kappa shape index (κ3) is 3.02. The highest BCUT2D eigenvalue weighted by Gasteiger charge is 2.39. The second kappa shape index (κ2) is 6.16. The van der Waals surface area contributed by atoms with Gasteiger partial charge in [-0.25, -0.2) is 4.39 Å². The van der Waals surface area contributed by atoms with Gasteiger partial charge in [-0.2, -0.15) is 4.98 Å². The zero-order valence-corrected chi connectivity index (χ0v) is 14.0. The summed E-state index contributed by atoms with van der Waals surface area (Å²) >= 11 is 0. The lowest BCUT2D eigenvalue weighted by molar-refractivity contribution is 0.101. The number of likely N-dealkylation sites (tertiary alicyclic amines) is 1. The number of rotatable bonds is 2. The smallest absolute Gasteiger partial charge is 0.324 e. The fourth-order valence-electron chi connectivity index (χ4n) is 3.93. The third-order valence-corrected chi connectivity index (χ3v) is 5.50. The van der Waals surface area contributed by atoms with E-state index in [1.54, 1.807) is 12.1 Å². The summed E-state index contributed by atoms with van der Waals surface area (Å²) in [5, 5.41) is 4.08. The van der Waals surface area contributed by atoms with Crippen molar-refractivity contribution in [2.75, 3.05) is 38.1 Å². The average Bonchev–Trinajstić information content (AvgIpc) is 3.09. The van der Waals surface area contributed by atoms with E-state index >= 15 is 0 Å². The summed E-state index contributed by atoms with van der Waals surface area (Å²) in [6.07, 6.45) is 4.92. The van der Waals surface area contributed by atoms with Crippen LogP contribution in [-0.4, -0.2) is 48.3 Å². The highest BCUT2D eigenvalue weighted by Crippen LogP contribution is 2.40. The molecule has 1 aromatic carbocycles. The predicted molar refractivity (Wildman–Crippen MR) is 90.3 cm³/mol. The zero-order chi connectivity index (χ0) is 16.6. The van der Waals surface area contributed by atoms with E-state index in [1.165, 1.54) is 44.5 Å². The van der Waals surface area contributed by atoms with Crippen LogP contribution in [0.5, 0.6) is 0 Å². The molecule has 1 aromatic heterocycles. The largest absolute Gasteiger partial charge is 0.324 e. The molecule has 0 atom stereocenters. The number of benzene rings is 1. The molecule has 6 heteroatoms. The Kier molecular flexibility index (Phi) is 4.00. The highest BCUT2D eigenvalue weighted by molar-refractivity contribution is 5.55. The summed E-state index contributed by atoms with van der Waals surface area (Å²) in [7, 11) is 2.19. The van der Waals surface area contributed by atoms with Crippen molar-refractivity contribution >= 4 is 6.01 Å². The van der Waals surface area contributed by atoms with Crippen molar-refractivity contribution in [3.05, 3.63) is 30.1 Å². The Morgan fingerprint density at radius 1 is 1.08 bits per heavy atom. The van der Waals surface area contributed by atoms with Crippen LogP contribution in [0.25, 0.3) is 11.4 Å². The van der Waals surface area contributed by atoms with Crippen molar-refractivity contribution in [3.63, 3.8) is 0 Å². The van der Waals surface area contributed by atoms with Gasteiger partial charge in [0, 0.05) is 18.7 Å². The second-order valence-electron chi connectivity index (χ2n) is 7.24. The van der Waals surface area contributed by atoms with E-state index in [0.717, 1.165) is 25.1 Å². The Morgan fingerprint density at radius 2 is 1.83 bits per heavy atom. The zero-order valence-electron chi connectivity index (χ0n) is 14.0. The SMILES string of the molecule is CN1CCC2(CCCN(c3nc(-c4ccc(F)cc4)no3)C2)CC1. The molecule has 2 aromatic rings. The van der Waals surface area contributed by atoms with Crippen molar-refractivity contribution in [1.29, 1.82) is 0 Å². The van der Waals surface area contributed by atoms with Gasteiger partial charge in [0.15, 0.2) is 0 Å². The van der Waals surface area contributed by atoms with Gasteiger partial charge in [0.25, 0.3) is 0 Å². The van der Waals surface area contributed by atoms with Gasteiger partial charge in [0.1, 0.15) is 5.82 Å². The van der Waals surface area contributed by atoms with E-state index in [2.05, 4.69) is 27.0 Å². The van der Waals surface area contributed by atoms with Crippen molar-refractivity contribution in [2.24, 2.45) is 5.41 Å². The average molecular weight is 330 g/mol. The fraction of sp³-hybridized carbons (Fsp3) is 0.556. The summed E-state index contributed by atoms with van der Waals surface area (Å²) in [6, 6.07) is 6.78. The Balaban J connectivity index is 1.51. The molecular formula is C18H23FN4O. The van der Waals surface area contributed by atoms with Gasteiger partial charge in [-0.05, 0) is 75.5 Å². The van der Waals surface area contributed by atoms with Gasteiger partial charge in [0.2, 0.25) is 5.82 Å². The molecule has 24 heavy (non-hydrogen) atoms. The first kappa shape index (κ1) is 15.6. The van der Waals surface area contributed by atoms with Crippen LogP contribution in [0, 0.1) is 11.2 Å². The number of hydrogen-bond acceptors (Lipinski definition) is 5. The van der Waals surface area contributed by atoms with E-state index in [1.807, 2.05) is 0 Å². The summed E-state index contributed by atoms with van der Waals surface area (Å²) in [5.74, 6) is 0.260. The summed E-state index contributed by atoms with van der Waals surface area (Å²) in [5.41, 5.74) is 1.16. The van der Waals surface area contributed by atoms with Crippen LogP contribution in [0.3, 0.4) is 0 Å². The minimum atomic E-state index is -0.261. The molecule has 2 fully saturated rings. The minimum absolute atomic E-state index is 0.261. The van der Waals surface area contributed by atoms with Crippen molar-refractivity contribution < 1.29 is 8.91 Å². The normalized spacial score (nSPS) is 21.3. The van der Waals surface area contributed by atoms with Crippen LogP contribution in [0.15, 0.2) is 28.8 Å². The lowest BCUT2D eigenvalue weighted by atomic mass is 9.72. The van der Waals surface area contributed by atoms with Crippen LogP contribution in [-0.2, 0) is 0 Å². The van der Waals surface area contributed by atoms with Crippen molar-refractivity contribution in [1.82, 2.24) is 15.0 Å². The standard InChI is InChI=1S/C18H23FN4O/c1-22-11-8-18(9-12-22)7-2-10-23(13-18)17-20-16(21-24-17)14-3-5-15(19)6-4-14/h3-6H,2,7-13H2,1H3. The van der Waals surface area contributed by atoms with Gasteiger partial charge in [-0.3, -0.25) is 0 Å². The topological polar surface area (TPSA) is 45.4 Å². The predicted octanol–water partition coefficient (Wildman–Crippen LogP) is 3.19. The molecule has 5 nitrogen and oxygen atoms in total. The first-order valence-electron chi connectivity index (χ1n) is 8.67. The molecule has 0 amide bonds. The number of aromatic nitrogens is 2. The van der Waals surface area contributed by atoms with Crippen molar-refractivity contribution in [3.8, 4) is 11.4 Å². The monoisotopic (exact) mass is 330 g/mol. The molecule has 0 unspecified atom stereocenters. The van der Waals surface area contributed by atoms with E-state index in [-0.39, 0.29) is 5.82 Å². The Labute approximate surface area is 141 Å². The number of hydrogen-bond donors (Lipinski definition) is 0. The summed E-state index contributed by atoms with van der Waals surface area (Å²) in [6.45, 7) is 4.28. The maximum atomic E-state index is 13.1. The molecular weight excluding hydrogens is 307 g/mol. The minimum Gasteiger partial charge on any atom is -0.324 e. The summed E-state index contributed by atoms with van der Waals surface area (Å²) < 4.78 is 18.6. The lowest BCUT2D eigenvalue weighted by Crippen LogP contribution is -2.49. The molecule has 1 spiro atoms. The van der Waals surface area contributed by atoms with Crippen molar-refractivity contribution in [2.45, 2.75) is 25.7 Å². The lowest BCUT2D eigenvalue weighted by Gasteiger charge is -2.46. The summed E-state index contributed by atoms with van der Waals surface area (Å²) in [4.78, 5) is 9.18. The van der Waals surface area contributed by atoms with E-state index in [9.17, 15) is 4.39 Å². The second-order valence-corrected chi connectivity index (χ2v) is 7.24. The van der Waals surface area contributed by atoms with Crippen LogP contribution in [0.4, 0.5) is 10.4 Å². The molecule has 0 N–H and O–H groups in total. The maximum Gasteiger partial charge on any atom is 0.324 e. The molecule has 2 aliphatic rings. The number of anilines is 1. The van der Waals surface area contributed by atoms with E-state index in [0.29, 0.717) is 17.3 Å².